The Bertz CT molecular complexity index is 994. The van der Waals surface area contributed by atoms with E-state index in [1.807, 2.05) is 13.1 Å². The molecular weight excluding hydrogens is 433 g/mol. The van der Waals surface area contributed by atoms with Crippen molar-refractivity contribution in [2.45, 2.75) is 44.9 Å². The van der Waals surface area contributed by atoms with Crippen LogP contribution in [0.15, 0.2) is 36.3 Å². The predicted molar refractivity (Wildman–Crippen MR) is 109 cm³/mol. The summed E-state index contributed by atoms with van der Waals surface area (Å²) >= 11 is 0. The topological polar surface area (TPSA) is 55.4 Å². The molecule has 10 heteroatoms. The average molecular weight is 457 g/mol. The van der Waals surface area contributed by atoms with Crippen molar-refractivity contribution in [2.75, 3.05) is 13.9 Å². The Kier molecular flexibility index (Phi) is 7.22. The van der Waals surface area contributed by atoms with E-state index in [9.17, 15) is 17.6 Å². The molecule has 1 aromatic heterocycles. The minimum Gasteiger partial charge on any atom is -0.465 e. The number of alkyl halides is 3. The molecule has 3 rings (SSSR count). The number of pyridine rings is 1. The monoisotopic (exact) mass is 457 g/mol. The molecule has 0 radical (unpaired) electrons. The van der Waals surface area contributed by atoms with Crippen molar-refractivity contribution in [2.24, 2.45) is 0 Å². The Morgan fingerprint density at radius 1 is 1.19 bits per heavy atom. The van der Waals surface area contributed by atoms with E-state index >= 15 is 4.39 Å². The van der Waals surface area contributed by atoms with Crippen LogP contribution in [-0.4, -0.2) is 24.9 Å². The summed E-state index contributed by atoms with van der Waals surface area (Å²) in [5, 5.41) is 6.34. The Hall–Kier alpha value is -2.88. The maximum absolute atomic E-state index is 15.0. The second kappa shape index (κ2) is 9.72. The molecule has 174 valence electrons. The molecule has 1 unspecified atom stereocenters. The van der Waals surface area contributed by atoms with Gasteiger partial charge in [0, 0.05) is 48.2 Å². The summed E-state index contributed by atoms with van der Waals surface area (Å²) in [4.78, 5) is 3.31. The molecule has 0 saturated carbocycles. The van der Waals surface area contributed by atoms with Gasteiger partial charge >= 0.3 is 6.18 Å². The molecule has 2 atom stereocenters. The van der Waals surface area contributed by atoms with Crippen LogP contribution in [0, 0.1) is 11.6 Å². The molecule has 2 N–H and O–H groups in total. The number of aromatic nitrogens is 1. The van der Waals surface area contributed by atoms with Crippen LogP contribution < -0.4 is 15.4 Å². The Labute approximate surface area is 182 Å². The summed E-state index contributed by atoms with van der Waals surface area (Å²) in [5.74, 6) is -1.81. The van der Waals surface area contributed by atoms with Crippen LogP contribution >= 0.6 is 0 Å². The Morgan fingerprint density at radius 3 is 2.56 bits per heavy atom. The van der Waals surface area contributed by atoms with Gasteiger partial charge in [0.1, 0.15) is 23.1 Å². The SMILES string of the molecule is CC[C@H]1CC(NC(C)c2cc(F)c(-c3cc(C(F)(F)F)ncc3OCOC)cc2F)=CN1. The van der Waals surface area contributed by atoms with Gasteiger partial charge in [-0.1, -0.05) is 6.92 Å². The number of nitrogens with one attached hydrogen (secondary N) is 2. The highest BCUT2D eigenvalue weighted by Gasteiger charge is 2.34. The number of benzene rings is 1. The molecule has 1 aliphatic rings. The average Bonchev–Trinajstić information content (AvgIpc) is 3.20. The third-order valence-electron chi connectivity index (χ3n) is 5.19. The van der Waals surface area contributed by atoms with Gasteiger partial charge in [-0.2, -0.15) is 13.2 Å². The molecule has 1 aliphatic heterocycles. The molecule has 1 aromatic carbocycles. The fourth-order valence-corrected chi connectivity index (χ4v) is 3.47. The molecule has 2 heterocycles. The summed E-state index contributed by atoms with van der Waals surface area (Å²) in [7, 11) is 1.32. The summed E-state index contributed by atoms with van der Waals surface area (Å²) in [6, 6.07) is 2.21. The van der Waals surface area contributed by atoms with Gasteiger partial charge < -0.3 is 20.1 Å². The quantitative estimate of drug-likeness (QED) is 0.417. The normalized spacial score (nSPS) is 17.0. The van der Waals surface area contributed by atoms with Gasteiger partial charge in [0.2, 0.25) is 0 Å². The molecule has 5 nitrogen and oxygen atoms in total. The van der Waals surface area contributed by atoms with Gasteiger partial charge in [-0.05, 0) is 31.5 Å². The van der Waals surface area contributed by atoms with Crippen molar-refractivity contribution in [1.29, 1.82) is 0 Å². The van der Waals surface area contributed by atoms with E-state index in [2.05, 4.69) is 15.6 Å². The molecule has 32 heavy (non-hydrogen) atoms. The Balaban J connectivity index is 1.95. The molecule has 0 saturated heterocycles. The first kappa shape index (κ1) is 23.8. The lowest BCUT2D eigenvalue weighted by molar-refractivity contribution is -0.141. The zero-order chi connectivity index (χ0) is 23.5. The van der Waals surface area contributed by atoms with Crippen molar-refractivity contribution in [3.8, 4) is 16.9 Å². The lowest BCUT2D eigenvalue weighted by Gasteiger charge is -2.19. The van der Waals surface area contributed by atoms with Gasteiger partial charge in [0.15, 0.2) is 6.79 Å². The third-order valence-corrected chi connectivity index (χ3v) is 5.19. The van der Waals surface area contributed by atoms with Crippen LogP contribution in [0.2, 0.25) is 0 Å². The number of halogens is 5. The number of hydrogen-bond donors (Lipinski definition) is 2. The molecule has 2 aromatic rings. The maximum Gasteiger partial charge on any atom is 0.433 e. The molecule has 0 fully saturated rings. The number of methoxy groups -OCH3 is 1. The van der Waals surface area contributed by atoms with Crippen LogP contribution in [0.1, 0.15) is 44.0 Å². The van der Waals surface area contributed by atoms with Crippen molar-refractivity contribution in [1.82, 2.24) is 15.6 Å². The van der Waals surface area contributed by atoms with Gasteiger partial charge in [0.05, 0.1) is 12.2 Å². The second-order valence-electron chi connectivity index (χ2n) is 7.48. The van der Waals surface area contributed by atoms with Crippen LogP contribution in [0.3, 0.4) is 0 Å². The zero-order valence-electron chi connectivity index (χ0n) is 17.8. The number of nitrogens with zero attached hydrogens (tertiary/aromatic N) is 1. The van der Waals surface area contributed by atoms with Crippen molar-refractivity contribution in [3.63, 3.8) is 0 Å². The maximum atomic E-state index is 15.0. The fraction of sp³-hybridized carbons (Fsp3) is 0.409. The third kappa shape index (κ3) is 5.29. The lowest BCUT2D eigenvalue weighted by Crippen LogP contribution is -2.20. The predicted octanol–water partition coefficient (Wildman–Crippen LogP) is 5.29. The number of rotatable bonds is 8. The largest absolute Gasteiger partial charge is 0.465 e. The number of ether oxygens (including phenoxy) is 2. The smallest absolute Gasteiger partial charge is 0.433 e. The van der Waals surface area contributed by atoms with E-state index in [-0.39, 0.29) is 35.3 Å². The molecular formula is C22H24F5N3O2. The molecule has 0 spiro atoms. The highest BCUT2D eigenvalue weighted by Crippen LogP contribution is 2.38. The minimum absolute atomic E-state index is 0.0524. The van der Waals surface area contributed by atoms with Crippen molar-refractivity contribution >= 4 is 0 Å². The van der Waals surface area contributed by atoms with Gasteiger partial charge in [-0.3, -0.25) is 0 Å². The van der Waals surface area contributed by atoms with Gasteiger partial charge in [-0.25, -0.2) is 13.8 Å². The van der Waals surface area contributed by atoms with Crippen molar-refractivity contribution in [3.05, 3.63) is 59.2 Å². The molecule has 0 amide bonds. The van der Waals surface area contributed by atoms with Crippen LogP contribution in [0.25, 0.3) is 11.1 Å². The summed E-state index contributed by atoms with van der Waals surface area (Å²) in [6.07, 6.45) is -0.479. The van der Waals surface area contributed by atoms with E-state index < -0.39 is 29.5 Å². The van der Waals surface area contributed by atoms with Crippen LogP contribution in [-0.2, 0) is 10.9 Å². The van der Waals surface area contributed by atoms with E-state index in [0.717, 1.165) is 36.9 Å². The first-order valence-corrected chi connectivity index (χ1v) is 10.0. The first-order chi connectivity index (χ1) is 15.1. The summed E-state index contributed by atoms with van der Waals surface area (Å²) in [6.45, 7) is 3.42. The molecule has 0 aliphatic carbocycles. The number of hydrogen-bond acceptors (Lipinski definition) is 5. The Morgan fingerprint density at radius 2 is 1.94 bits per heavy atom. The zero-order valence-corrected chi connectivity index (χ0v) is 17.8. The van der Waals surface area contributed by atoms with E-state index in [4.69, 9.17) is 9.47 Å². The van der Waals surface area contributed by atoms with E-state index in [1.165, 1.54) is 7.11 Å². The lowest BCUT2D eigenvalue weighted by atomic mass is 9.99. The van der Waals surface area contributed by atoms with E-state index in [1.54, 1.807) is 6.92 Å². The van der Waals surface area contributed by atoms with Crippen LogP contribution in [0.4, 0.5) is 22.0 Å². The first-order valence-electron chi connectivity index (χ1n) is 10.0. The van der Waals surface area contributed by atoms with Gasteiger partial charge in [-0.15, -0.1) is 0 Å². The van der Waals surface area contributed by atoms with E-state index in [0.29, 0.717) is 6.07 Å². The highest BCUT2D eigenvalue weighted by molar-refractivity contribution is 5.71. The van der Waals surface area contributed by atoms with Gasteiger partial charge in [0.25, 0.3) is 0 Å². The highest BCUT2D eigenvalue weighted by atomic mass is 19.4. The van der Waals surface area contributed by atoms with Crippen molar-refractivity contribution < 1.29 is 31.4 Å². The van der Waals surface area contributed by atoms with Crippen LogP contribution in [0.5, 0.6) is 5.75 Å². The summed E-state index contributed by atoms with van der Waals surface area (Å²) < 4.78 is 79.4. The standard InChI is InChI=1S/C22H24F5N3O2/c1-4-13-5-14(9-28-13)30-12(2)15-6-19(24)16(7-18(15)23)17-8-21(22(25,26)27)29-10-20(17)32-11-31-3/h6-10,12-13,28,30H,4-5,11H2,1-3H3/t12?,13-/m0/s1. The summed E-state index contributed by atoms with van der Waals surface area (Å²) in [5.41, 5.74) is -0.974. The second-order valence-corrected chi connectivity index (χ2v) is 7.48. The fourth-order valence-electron chi connectivity index (χ4n) is 3.47. The minimum atomic E-state index is -4.76. The molecule has 0 bridgehead atoms.